The molecule has 0 aromatic heterocycles. The quantitative estimate of drug-likeness (QED) is 0.359. The van der Waals surface area contributed by atoms with E-state index in [1.807, 2.05) is 6.07 Å². The van der Waals surface area contributed by atoms with Crippen molar-refractivity contribution in [3.8, 4) is 0 Å². The Kier molecular flexibility index (Phi) is 7.52. The molecule has 1 saturated heterocycles. The molecule has 1 aromatic carbocycles. The van der Waals surface area contributed by atoms with Gasteiger partial charge in [-0.25, -0.2) is 13.1 Å². The second-order valence-electron chi connectivity index (χ2n) is 6.06. The van der Waals surface area contributed by atoms with Crippen molar-refractivity contribution in [2.45, 2.75) is 25.8 Å². The van der Waals surface area contributed by atoms with Gasteiger partial charge in [-0.05, 0) is 31.9 Å². The molecule has 0 saturated carbocycles. The molecule has 8 heteroatoms. The minimum atomic E-state index is -3.11. The Hall–Kier alpha value is -1.80. The van der Waals surface area contributed by atoms with Gasteiger partial charge in [-0.3, -0.25) is 4.99 Å². The van der Waals surface area contributed by atoms with Crippen LogP contribution >= 0.6 is 0 Å². The first-order valence-electron chi connectivity index (χ1n) is 8.78. The Bertz CT molecular complexity index is 648. The number of aliphatic imine (C=N–C) groups is 1. The van der Waals surface area contributed by atoms with Crippen LogP contribution in [0, 0.1) is 0 Å². The molecule has 1 atom stereocenters. The van der Waals surface area contributed by atoms with Crippen molar-refractivity contribution < 1.29 is 8.42 Å². The molecule has 2 rings (SSSR count). The van der Waals surface area contributed by atoms with Gasteiger partial charge in [0, 0.05) is 45.0 Å². The first-order valence-corrected chi connectivity index (χ1v) is 10.4. The van der Waals surface area contributed by atoms with E-state index in [1.165, 1.54) is 5.69 Å². The Balaban J connectivity index is 1.69. The third-order valence-corrected chi connectivity index (χ3v) is 5.63. The van der Waals surface area contributed by atoms with Crippen molar-refractivity contribution in [2.75, 3.05) is 43.9 Å². The van der Waals surface area contributed by atoms with E-state index in [-0.39, 0.29) is 5.75 Å². The lowest BCUT2D eigenvalue weighted by molar-refractivity contribution is 0.579. The molecule has 7 nitrogen and oxygen atoms in total. The number of anilines is 1. The summed E-state index contributed by atoms with van der Waals surface area (Å²) in [6.07, 6.45) is 1.77. The molecular weight excluding hydrogens is 338 g/mol. The van der Waals surface area contributed by atoms with Gasteiger partial charge < -0.3 is 15.5 Å². The summed E-state index contributed by atoms with van der Waals surface area (Å²) in [5, 5.41) is 6.68. The molecule has 1 heterocycles. The summed E-state index contributed by atoms with van der Waals surface area (Å²) in [5.41, 5.74) is 1.25. The summed E-state index contributed by atoms with van der Waals surface area (Å²) in [5.74, 6) is 0.877. The molecule has 1 unspecified atom stereocenters. The van der Waals surface area contributed by atoms with E-state index in [9.17, 15) is 8.42 Å². The summed E-state index contributed by atoms with van der Waals surface area (Å²) >= 11 is 0. The minimum Gasteiger partial charge on any atom is -0.369 e. The first kappa shape index (κ1) is 19.5. The highest BCUT2D eigenvalue weighted by Crippen LogP contribution is 2.19. The monoisotopic (exact) mass is 367 g/mol. The van der Waals surface area contributed by atoms with Gasteiger partial charge in [-0.2, -0.15) is 0 Å². The maximum atomic E-state index is 11.4. The number of rotatable bonds is 8. The van der Waals surface area contributed by atoms with Crippen molar-refractivity contribution >= 4 is 21.7 Å². The molecule has 0 aliphatic carbocycles. The standard InChI is InChI=1S/C17H29N5O2S/c1-3-25(23,24)20-12-7-11-19-17(18-2)21-15-10-13-22(14-15)16-8-5-4-6-9-16/h4-6,8-9,15,20H,3,7,10-14H2,1-2H3,(H2,18,19,21). The van der Waals surface area contributed by atoms with Gasteiger partial charge in [-0.1, -0.05) is 18.2 Å². The van der Waals surface area contributed by atoms with Crippen LogP contribution in [0.4, 0.5) is 5.69 Å². The number of sulfonamides is 1. The minimum absolute atomic E-state index is 0.114. The lowest BCUT2D eigenvalue weighted by Gasteiger charge is -2.20. The molecule has 1 aliphatic rings. The van der Waals surface area contributed by atoms with E-state index in [0.29, 0.717) is 25.6 Å². The number of para-hydroxylation sites is 1. The summed E-state index contributed by atoms with van der Waals surface area (Å²) in [4.78, 5) is 6.61. The molecular formula is C17H29N5O2S. The largest absolute Gasteiger partial charge is 0.369 e. The maximum Gasteiger partial charge on any atom is 0.211 e. The van der Waals surface area contributed by atoms with Gasteiger partial charge in [0.25, 0.3) is 0 Å². The fourth-order valence-corrected chi connectivity index (χ4v) is 3.42. The fourth-order valence-electron chi connectivity index (χ4n) is 2.76. The average molecular weight is 368 g/mol. The molecule has 0 spiro atoms. The maximum absolute atomic E-state index is 11.4. The number of guanidine groups is 1. The van der Waals surface area contributed by atoms with E-state index in [0.717, 1.165) is 25.5 Å². The first-order chi connectivity index (χ1) is 12.0. The van der Waals surface area contributed by atoms with E-state index in [2.05, 4.69) is 49.5 Å². The zero-order valence-corrected chi connectivity index (χ0v) is 15.8. The Morgan fingerprint density at radius 3 is 2.72 bits per heavy atom. The van der Waals surface area contributed by atoms with Crippen LogP contribution in [-0.4, -0.2) is 59.4 Å². The van der Waals surface area contributed by atoms with Crippen LogP contribution in [0.3, 0.4) is 0 Å². The fraction of sp³-hybridized carbons (Fsp3) is 0.588. The van der Waals surface area contributed by atoms with Crippen molar-refractivity contribution in [2.24, 2.45) is 4.99 Å². The average Bonchev–Trinajstić information content (AvgIpc) is 3.09. The van der Waals surface area contributed by atoms with Crippen LogP contribution in [-0.2, 0) is 10.0 Å². The summed E-state index contributed by atoms with van der Waals surface area (Å²) in [6, 6.07) is 10.8. The molecule has 140 valence electrons. The molecule has 3 N–H and O–H groups in total. The highest BCUT2D eigenvalue weighted by Gasteiger charge is 2.23. The lowest BCUT2D eigenvalue weighted by Crippen LogP contribution is -2.45. The number of hydrogen-bond acceptors (Lipinski definition) is 4. The van der Waals surface area contributed by atoms with Gasteiger partial charge in [-0.15, -0.1) is 0 Å². The van der Waals surface area contributed by atoms with Crippen molar-refractivity contribution in [1.29, 1.82) is 0 Å². The van der Waals surface area contributed by atoms with Crippen molar-refractivity contribution in [1.82, 2.24) is 15.4 Å². The predicted molar refractivity (Wildman–Crippen MR) is 104 cm³/mol. The Morgan fingerprint density at radius 2 is 2.04 bits per heavy atom. The molecule has 1 fully saturated rings. The molecule has 1 aliphatic heterocycles. The van der Waals surface area contributed by atoms with Gasteiger partial charge in [0.15, 0.2) is 5.96 Å². The number of benzene rings is 1. The number of nitrogens with zero attached hydrogens (tertiary/aromatic N) is 2. The van der Waals surface area contributed by atoms with Gasteiger partial charge in [0.1, 0.15) is 0 Å². The van der Waals surface area contributed by atoms with E-state index in [4.69, 9.17) is 0 Å². The SMILES string of the molecule is CCS(=O)(=O)NCCCNC(=NC)NC1CCN(c2ccccc2)C1. The third-order valence-electron chi connectivity index (χ3n) is 4.22. The second-order valence-corrected chi connectivity index (χ2v) is 8.16. The topological polar surface area (TPSA) is 85.8 Å². The third kappa shape index (κ3) is 6.55. The van der Waals surface area contributed by atoms with Crippen LogP contribution in [0.2, 0.25) is 0 Å². The Labute approximate surface area is 151 Å². The molecule has 25 heavy (non-hydrogen) atoms. The van der Waals surface area contributed by atoms with Crippen LogP contribution < -0.4 is 20.3 Å². The van der Waals surface area contributed by atoms with Crippen molar-refractivity contribution in [3.63, 3.8) is 0 Å². The van der Waals surface area contributed by atoms with Gasteiger partial charge >= 0.3 is 0 Å². The molecule has 0 amide bonds. The van der Waals surface area contributed by atoms with Crippen molar-refractivity contribution in [3.05, 3.63) is 30.3 Å². The summed E-state index contributed by atoms with van der Waals surface area (Å²) in [6.45, 7) is 4.71. The number of nitrogens with one attached hydrogen (secondary N) is 3. The second kappa shape index (κ2) is 9.62. The number of hydrogen-bond donors (Lipinski definition) is 3. The predicted octanol–water partition coefficient (Wildman–Crippen LogP) is 0.760. The smallest absolute Gasteiger partial charge is 0.211 e. The van der Waals surface area contributed by atoms with E-state index in [1.54, 1.807) is 14.0 Å². The summed E-state index contributed by atoms with van der Waals surface area (Å²) in [7, 11) is -1.36. The highest BCUT2D eigenvalue weighted by atomic mass is 32.2. The molecule has 0 bridgehead atoms. The zero-order valence-electron chi connectivity index (χ0n) is 15.0. The van der Waals surface area contributed by atoms with E-state index < -0.39 is 10.0 Å². The van der Waals surface area contributed by atoms with Crippen LogP contribution in [0.15, 0.2) is 35.3 Å². The molecule has 0 radical (unpaired) electrons. The normalized spacial score (nSPS) is 18.4. The highest BCUT2D eigenvalue weighted by molar-refractivity contribution is 7.89. The summed E-state index contributed by atoms with van der Waals surface area (Å²) < 4.78 is 25.3. The molecule has 1 aromatic rings. The Morgan fingerprint density at radius 1 is 1.28 bits per heavy atom. The lowest BCUT2D eigenvalue weighted by atomic mass is 10.3. The van der Waals surface area contributed by atoms with Crippen LogP contribution in [0.25, 0.3) is 0 Å². The zero-order chi connectivity index (χ0) is 18.1. The van der Waals surface area contributed by atoms with Crippen LogP contribution in [0.1, 0.15) is 19.8 Å². The van der Waals surface area contributed by atoms with Gasteiger partial charge in [0.2, 0.25) is 10.0 Å². The van der Waals surface area contributed by atoms with Crippen LogP contribution in [0.5, 0.6) is 0 Å². The van der Waals surface area contributed by atoms with E-state index >= 15 is 0 Å². The van der Waals surface area contributed by atoms with Gasteiger partial charge in [0.05, 0.1) is 5.75 Å².